The molecule has 3 N–H and O–H groups in total. The van der Waals surface area contributed by atoms with Crippen molar-refractivity contribution in [3.63, 3.8) is 0 Å². The topological polar surface area (TPSA) is 90.2 Å². The average Bonchev–Trinajstić information content (AvgIpc) is 3.19. The van der Waals surface area contributed by atoms with Crippen molar-refractivity contribution >= 4 is 49.9 Å². The Hall–Kier alpha value is -2.52. The van der Waals surface area contributed by atoms with Crippen molar-refractivity contribution in [1.29, 1.82) is 5.41 Å². The first-order valence-electron chi connectivity index (χ1n) is 10.5. The number of thiophene rings is 1. The van der Waals surface area contributed by atoms with E-state index in [0.29, 0.717) is 17.8 Å². The summed E-state index contributed by atoms with van der Waals surface area (Å²) in [7, 11) is -3.37. The highest BCUT2D eigenvalue weighted by atomic mass is 35.5. The average molecular weight is 521 g/mol. The minimum Gasteiger partial charge on any atom is -0.384 e. The minimum absolute atomic E-state index is 0.0430. The van der Waals surface area contributed by atoms with Crippen LogP contribution in [0.3, 0.4) is 0 Å². The molecule has 3 rings (SSSR count). The second kappa shape index (κ2) is 10.00. The minimum atomic E-state index is -3.37. The highest BCUT2D eigenvalue weighted by Gasteiger charge is 2.22. The smallest absolute Gasteiger partial charge is 0.175 e. The molecule has 0 bridgehead atoms. The second-order valence-corrected chi connectivity index (χ2v) is 11.8. The molecule has 0 amide bonds. The number of halogens is 2. The zero-order valence-corrected chi connectivity index (χ0v) is 21.6. The van der Waals surface area contributed by atoms with Crippen LogP contribution in [0.2, 0.25) is 5.02 Å². The molecule has 2 aromatic carbocycles. The third kappa shape index (κ3) is 5.93. The van der Waals surface area contributed by atoms with Gasteiger partial charge >= 0.3 is 0 Å². The number of benzene rings is 2. The Kier molecular flexibility index (Phi) is 7.67. The Morgan fingerprint density at radius 2 is 1.91 bits per heavy atom. The lowest BCUT2D eigenvalue weighted by atomic mass is 10.0. The summed E-state index contributed by atoms with van der Waals surface area (Å²) in [5, 5.41) is 21.7. The first-order valence-corrected chi connectivity index (χ1v) is 13.6. The summed E-state index contributed by atoms with van der Waals surface area (Å²) in [6.07, 6.45) is 3.32. The van der Waals surface area contributed by atoms with Crippen molar-refractivity contribution < 1.29 is 17.9 Å². The molecule has 0 saturated carbocycles. The van der Waals surface area contributed by atoms with E-state index in [1.54, 1.807) is 24.3 Å². The predicted octanol–water partition coefficient (Wildman–Crippen LogP) is 6.42. The molecule has 3 aromatic rings. The molecule has 0 saturated heterocycles. The number of aliphatic hydroxyl groups is 1. The van der Waals surface area contributed by atoms with Crippen molar-refractivity contribution in [3.05, 3.63) is 75.9 Å². The molecule has 0 fully saturated rings. The normalized spacial score (nSPS) is 12.6. The Bertz CT molecular complexity index is 1370. The zero-order chi connectivity index (χ0) is 25.3. The van der Waals surface area contributed by atoms with E-state index in [4.69, 9.17) is 17.0 Å². The van der Waals surface area contributed by atoms with E-state index < -0.39 is 21.3 Å². The van der Waals surface area contributed by atoms with E-state index in [-0.39, 0.29) is 15.6 Å². The van der Waals surface area contributed by atoms with Gasteiger partial charge in [-0.05, 0) is 67.8 Å². The maximum atomic E-state index is 14.1. The van der Waals surface area contributed by atoms with Gasteiger partial charge in [-0.25, -0.2) is 12.8 Å². The summed E-state index contributed by atoms with van der Waals surface area (Å²) in [6.45, 7) is 5.00. The van der Waals surface area contributed by atoms with Gasteiger partial charge in [-0.2, -0.15) is 0 Å². The van der Waals surface area contributed by atoms with Gasteiger partial charge in [-0.3, -0.25) is 0 Å². The van der Waals surface area contributed by atoms with Gasteiger partial charge in [0.15, 0.2) is 9.84 Å². The van der Waals surface area contributed by atoms with Crippen LogP contribution in [0, 0.1) is 11.2 Å². The molecule has 0 aliphatic carbocycles. The number of sulfone groups is 1. The Morgan fingerprint density at radius 1 is 1.24 bits per heavy atom. The van der Waals surface area contributed by atoms with Crippen molar-refractivity contribution in [2.45, 2.75) is 37.7 Å². The number of aryl methyl sites for hydroxylation is 1. The van der Waals surface area contributed by atoms with Crippen LogP contribution < -0.4 is 5.32 Å². The molecule has 5 nitrogen and oxygen atoms in total. The van der Waals surface area contributed by atoms with Crippen LogP contribution in [0.1, 0.15) is 31.2 Å². The highest BCUT2D eigenvalue weighted by Crippen LogP contribution is 2.38. The molecule has 0 spiro atoms. The summed E-state index contributed by atoms with van der Waals surface area (Å²) in [6, 6.07) is 13.1. The van der Waals surface area contributed by atoms with E-state index in [1.807, 2.05) is 19.1 Å². The maximum absolute atomic E-state index is 14.1. The Labute approximate surface area is 208 Å². The van der Waals surface area contributed by atoms with Gasteiger partial charge in [0.05, 0.1) is 31.9 Å². The van der Waals surface area contributed by atoms with Crippen LogP contribution in [-0.2, 0) is 16.3 Å². The maximum Gasteiger partial charge on any atom is 0.175 e. The molecule has 0 radical (unpaired) electrons. The van der Waals surface area contributed by atoms with Gasteiger partial charge in [-0.1, -0.05) is 36.7 Å². The molecular formula is C25H26ClFN2O3S2. The van der Waals surface area contributed by atoms with E-state index in [2.05, 4.69) is 5.32 Å². The fourth-order valence-electron chi connectivity index (χ4n) is 3.17. The van der Waals surface area contributed by atoms with Crippen molar-refractivity contribution in [1.82, 2.24) is 0 Å². The SMILES string of the molecule is CCc1cc(-c2cccc(S(C)(=O)=O)c2)sc1/C(=C/C(=N)C(C)(C)O)Nc1cccc(F)c1Cl. The van der Waals surface area contributed by atoms with Crippen LogP contribution in [0.15, 0.2) is 59.5 Å². The van der Waals surface area contributed by atoms with E-state index in [9.17, 15) is 17.9 Å². The number of anilines is 1. The van der Waals surface area contributed by atoms with Crippen LogP contribution >= 0.6 is 22.9 Å². The third-order valence-corrected chi connectivity index (χ3v) is 7.90. The second-order valence-electron chi connectivity index (χ2n) is 8.38. The standard InChI is InChI=1S/C25H26ClFN2O3S2/c1-5-15-13-21(16-8-6-9-17(12-16)34(4,31)32)33-24(15)20(14-22(28)25(2,3)30)29-19-11-7-10-18(27)23(19)26/h6-14,28-30H,5H2,1-4H3/b20-14-,28-22?. The number of nitrogens with one attached hydrogen (secondary N) is 2. The number of hydrogen-bond acceptors (Lipinski definition) is 6. The summed E-state index contributed by atoms with van der Waals surface area (Å²) in [5.41, 5.74) is 1.06. The van der Waals surface area contributed by atoms with Crippen LogP contribution in [0.5, 0.6) is 0 Å². The van der Waals surface area contributed by atoms with Gasteiger partial charge in [0.25, 0.3) is 0 Å². The monoisotopic (exact) mass is 520 g/mol. The van der Waals surface area contributed by atoms with Gasteiger partial charge in [0.1, 0.15) is 11.4 Å². The fourth-order valence-corrected chi connectivity index (χ4v) is 5.23. The molecule has 9 heteroatoms. The van der Waals surface area contributed by atoms with Gasteiger partial charge in [0.2, 0.25) is 0 Å². The van der Waals surface area contributed by atoms with Crippen molar-refractivity contribution in [2.24, 2.45) is 0 Å². The van der Waals surface area contributed by atoms with Crippen molar-refractivity contribution in [3.8, 4) is 10.4 Å². The third-order valence-electron chi connectivity index (χ3n) is 5.15. The molecule has 180 valence electrons. The molecule has 1 heterocycles. The molecule has 34 heavy (non-hydrogen) atoms. The first kappa shape index (κ1) is 26.1. The first-order chi connectivity index (χ1) is 15.8. The van der Waals surface area contributed by atoms with E-state index in [0.717, 1.165) is 20.9 Å². The number of hydrogen-bond donors (Lipinski definition) is 3. The predicted molar refractivity (Wildman–Crippen MR) is 139 cm³/mol. The summed E-state index contributed by atoms with van der Waals surface area (Å²) >= 11 is 7.57. The van der Waals surface area contributed by atoms with Crippen LogP contribution in [0.25, 0.3) is 16.1 Å². The lowest BCUT2D eigenvalue weighted by molar-refractivity contribution is 0.154. The quantitative estimate of drug-likeness (QED) is 0.299. The zero-order valence-electron chi connectivity index (χ0n) is 19.2. The van der Waals surface area contributed by atoms with Gasteiger partial charge in [-0.15, -0.1) is 11.3 Å². The summed E-state index contributed by atoms with van der Waals surface area (Å²) in [4.78, 5) is 1.84. The summed E-state index contributed by atoms with van der Waals surface area (Å²) in [5.74, 6) is -0.580. The van der Waals surface area contributed by atoms with E-state index >= 15 is 0 Å². The molecule has 0 aliphatic rings. The lowest BCUT2D eigenvalue weighted by Crippen LogP contribution is -2.29. The van der Waals surface area contributed by atoms with Crippen LogP contribution in [-0.4, -0.2) is 31.1 Å². The Balaban J connectivity index is 2.16. The summed E-state index contributed by atoms with van der Waals surface area (Å²) < 4.78 is 38.1. The molecule has 0 unspecified atom stereocenters. The largest absolute Gasteiger partial charge is 0.384 e. The highest BCUT2D eigenvalue weighted by molar-refractivity contribution is 7.90. The number of rotatable bonds is 8. The molecular weight excluding hydrogens is 495 g/mol. The molecule has 0 aliphatic heterocycles. The fraction of sp³-hybridized carbons (Fsp3) is 0.240. The Morgan fingerprint density at radius 3 is 2.53 bits per heavy atom. The van der Waals surface area contributed by atoms with Crippen LogP contribution in [0.4, 0.5) is 10.1 Å². The molecule has 1 aromatic heterocycles. The van der Waals surface area contributed by atoms with Gasteiger partial charge < -0.3 is 15.8 Å². The van der Waals surface area contributed by atoms with Gasteiger partial charge in [0, 0.05) is 11.1 Å². The lowest BCUT2D eigenvalue weighted by Gasteiger charge is -2.19. The van der Waals surface area contributed by atoms with Crippen molar-refractivity contribution in [2.75, 3.05) is 11.6 Å². The van der Waals surface area contributed by atoms with E-state index in [1.165, 1.54) is 49.6 Å². The molecule has 0 atom stereocenters.